The number of anilines is 2. The van der Waals surface area contributed by atoms with Gasteiger partial charge in [0.25, 0.3) is 5.91 Å². The number of rotatable bonds is 5. The fourth-order valence-electron chi connectivity index (χ4n) is 3.37. The third-order valence-electron chi connectivity index (χ3n) is 4.85. The van der Waals surface area contributed by atoms with Crippen molar-refractivity contribution in [2.45, 2.75) is 20.4 Å². The Hall–Kier alpha value is -3.74. The van der Waals surface area contributed by atoms with Gasteiger partial charge < -0.3 is 10.2 Å². The number of aromatic nitrogens is 3. The normalized spacial score (nSPS) is 10.9. The Kier molecular flexibility index (Phi) is 5.18. The monoisotopic (exact) mass is 403 g/mol. The number of nitrogens with zero attached hydrogens (tertiary/aromatic N) is 4. The second-order valence-electron chi connectivity index (χ2n) is 7.32. The number of carbonyl (C=O) groups is 1. The molecule has 0 atom stereocenters. The van der Waals surface area contributed by atoms with Gasteiger partial charge in [0.15, 0.2) is 11.5 Å². The maximum atomic E-state index is 13.3. The van der Waals surface area contributed by atoms with E-state index in [1.807, 2.05) is 37.1 Å². The summed E-state index contributed by atoms with van der Waals surface area (Å²) in [4.78, 5) is 19.5. The molecule has 1 N–H and O–H groups in total. The summed E-state index contributed by atoms with van der Waals surface area (Å²) in [5.41, 5.74) is 4.15. The van der Waals surface area contributed by atoms with Crippen LogP contribution in [0.5, 0.6) is 0 Å². The highest BCUT2D eigenvalue weighted by atomic mass is 19.1. The van der Waals surface area contributed by atoms with Gasteiger partial charge in [0, 0.05) is 25.3 Å². The molecular formula is C23H22FN5O. The van der Waals surface area contributed by atoms with Crippen molar-refractivity contribution in [1.82, 2.24) is 14.6 Å². The fourth-order valence-corrected chi connectivity index (χ4v) is 3.37. The first-order chi connectivity index (χ1) is 14.4. The molecule has 0 aliphatic carbocycles. The maximum absolute atomic E-state index is 13.3. The summed E-state index contributed by atoms with van der Waals surface area (Å²) < 4.78 is 15.0. The van der Waals surface area contributed by atoms with E-state index in [2.05, 4.69) is 27.5 Å². The van der Waals surface area contributed by atoms with Gasteiger partial charge in [0.05, 0.1) is 11.9 Å². The number of halogens is 1. The predicted octanol–water partition coefficient (Wildman–Crippen LogP) is 4.37. The molecule has 0 spiro atoms. The van der Waals surface area contributed by atoms with Crippen molar-refractivity contribution in [2.24, 2.45) is 0 Å². The molecule has 0 unspecified atom stereocenters. The van der Waals surface area contributed by atoms with Crippen molar-refractivity contribution in [1.29, 1.82) is 0 Å². The SMILES string of the molecule is Cc1cn2nc(C(=O)Nc3ccc(F)cc3C)cc2c(N(C)Cc2ccccc2)n1. The summed E-state index contributed by atoms with van der Waals surface area (Å²) in [6.07, 6.45) is 1.79. The van der Waals surface area contributed by atoms with Crippen LogP contribution in [0.1, 0.15) is 27.3 Å². The minimum Gasteiger partial charge on any atom is -0.354 e. The van der Waals surface area contributed by atoms with Gasteiger partial charge in [-0.25, -0.2) is 13.9 Å². The van der Waals surface area contributed by atoms with Gasteiger partial charge in [-0.15, -0.1) is 0 Å². The van der Waals surface area contributed by atoms with Crippen LogP contribution in [-0.4, -0.2) is 27.6 Å². The summed E-state index contributed by atoms with van der Waals surface area (Å²) in [6, 6.07) is 16.1. The highest BCUT2D eigenvalue weighted by Crippen LogP contribution is 2.23. The zero-order valence-electron chi connectivity index (χ0n) is 17.1. The Balaban J connectivity index is 1.65. The molecule has 4 rings (SSSR count). The van der Waals surface area contributed by atoms with Gasteiger partial charge in [-0.1, -0.05) is 30.3 Å². The standard InChI is InChI=1S/C23H22FN5O/c1-15-11-18(24)9-10-19(15)26-23(30)20-12-21-22(25-16(2)13-29(21)27-20)28(3)14-17-7-5-4-6-8-17/h4-13H,14H2,1-3H3,(H,26,30). The predicted molar refractivity (Wildman–Crippen MR) is 115 cm³/mol. The molecule has 0 aliphatic rings. The van der Waals surface area contributed by atoms with Crippen molar-refractivity contribution < 1.29 is 9.18 Å². The Labute approximate surface area is 174 Å². The minimum absolute atomic E-state index is 0.264. The Morgan fingerprint density at radius 3 is 2.63 bits per heavy atom. The van der Waals surface area contributed by atoms with Gasteiger partial charge in [0.2, 0.25) is 0 Å². The molecule has 4 aromatic rings. The average molecular weight is 403 g/mol. The molecule has 30 heavy (non-hydrogen) atoms. The van der Waals surface area contributed by atoms with E-state index in [1.54, 1.807) is 29.8 Å². The van der Waals surface area contributed by atoms with Gasteiger partial charge in [-0.05, 0) is 43.2 Å². The van der Waals surface area contributed by atoms with E-state index in [0.717, 1.165) is 22.6 Å². The number of hydrogen-bond acceptors (Lipinski definition) is 4. The Morgan fingerprint density at radius 1 is 1.13 bits per heavy atom. The number of hydrogen-bond donors (Lipinski definition) is 1. The topological polar surface area (TPSA) is 62.5 Å². The van der Waals surface area contributed by atoms with Gasteiger partial charge in [-0.3, -0.25) is 4.79 Å². The Morgan fingerprint density at radius 2 is 1.90 bits per heavy atom. The summed E-state index contributed by atoms with van der Waals surface area (Å²) in [6.45, 7) is 4.31. The molecule has 6 nitrogen and oxygen atoms in total. The molecule has 7 heteroatoms. The summed E-state index contributed by atoms with van der Waals surface area (Å²) in [5.74, 6) is 0.0389. The van der Waals surface area contributed by atoms with Crippen molar-refractivity contribution in [3.8, 4) is 0 Å². The maximum Gasteiger partial charge on any atom is 0.276 e. The average Bonchev–Trinajstić information content (AvgIpc) is 3.14. The highest BCUT2D eigenvalue weighted by Gasteiger charge is 2.17. The third kappa shape index (κ3) is 4.00. The van der Waals surface area contributed by atoms with Gasteiger partial charge in [-0.2, -0.15) is 5.10 Å². The minimum atomic E-state index is -0.359. The number of benzene rings is 2. The summed E-state index contributed by atoms with van der Waals surface area (Å²) in [7, 11) is 1.96. The second kappa shape index (κ2) is 7.94. The lowest BCUT2D eigenvalue weighted by molar-refractivity contribution is 0.102. The van der Waals surface area contributed by atoms with Crippen LogP contribution >= 0.6 is 0 Å². The smallest absolute Gasteiger partial charge is 0.276 e. The first-order valence-electron chi connectivity index (χ1n) is 9.60. The molecule has 1 amide bonds. The van der Waals surface area contributed by atoms with Gasteiger partial charge in [0.1, 0.15) is 11.3 Å². The zero-order chi connectivity index (χ0) is 21.3. The van der Waals surface area contributed by atoms with Crippen LogP contribution < -0.4 is 10.2 Å². The highest BCUT2D eigenvalue weighted by molar-refractivity contribution is 6.04. The largest absolute Gasteiger partial charge is 0.354 e. The second-order valence-corrected chi connectivity index (χ2v) is 7.32. The van der Waals surface area contributed by atoms with E-state index < -0.39 is 0 Å². The van der Waals surface area contributed by atoms with Crippen LogP contribution in [0.15, 0.2) is 60.8 Å². The summed E-state index contributed by atoms with van der Waals surface area (Å²) in [5, 5.41) is 7.23. The molecular weight excluding hydrogens is 381 g/mol. The van der Waals surface area contributed by atoms with E-state index >= 15 is 0 Å². The zero-order valence-corrected chi connectivity index (χ0v) is 17.1. The molecule has 0 aliphatic heterocycles. The lowest BCUT2D eigenvalue weighted by atomic mass is 10.2. The first-order valence-corrected chi connectivity index (χ1v) is 9.60. The quantitative estimate of drug-likeness (QED) is 0.537. The lowest BCUT2D eigenvalue weighted by Gasteiger charge is -2.19. The summed E-state index contributed by atoms with van der Waals surface area (Å²) >= 11 is 0. The molecule has 0 saturated heterocycles. The number of nitrogens with one attached hydrogen (secondary N) is 1. The molecule has 2 aromatic heterocycles. The first kappa shape index (κ1) is 19.6. The van der Waals surface area contributed by atoms with Crippen molar-refractivity contribution in [3.05, 3.63) is 89.1 Å². The Bertz CT molecular complexity index is 1220. The number of amides is 1. The molecule has 2 aromatic carbocycles. The number of fused-ring (bicyclic) bond motifs is 1. The van der Waals surface area contributed by atoms with Crippen molar-refractivity contribution in [3.63, 3.8) is 0 Å². The van der Waals surface area contributed by atoms with Crippen molar-refractivity contribution >= 4 is 22.9 Å². The number of aryl methyl sites for hydroxylation is 2. The third-order valence-corrected chi connectivity index (χ3v) is 4.85. The van der Waals surface area contributed by atoms with Crippen LogP contribution in [0.2, 0.25) is 0 Å². The van der Waals surface area contributed by atoms with E-state index in [0.29, 0.717) is 17.8 Å². The van der Waals surface area contributed by atoms with Crippen LogP contribution in [-0.2, 0) is 6.54 Å². The molecule has 0 saturated carbocycles. The van der Waals surface area contributed by atoms with E-state index in [-0.39, 0.29) is 17.4 Å². The molecule has 0 fully saturated rings. The van der Waals surface area contributed by atoms with E-state index in [1.165, 1.54) is 12.1 Å². The van der Waals surface area contributed by atoms with E-state index in [9.17, 15) is 9.18 Å². The van der Waals surface area contributed by atoms with Crippen LogP contribution in [0, 0.1) is 19.7 Å². The fraction of sp³-hybridized carbons (Fsp3) is 0.174. The van der Waals surface area contributed by atoms with Gasteiger partial charge >= 0.3 is 0 Å². The molecule has 0 bridgehead atoms. The van der Waals surface area contributed by atoms with E-state index in [4.69, 9.17) is 0 Å². The molecule has 0 radical (unpaired) electrons. The lowest BCUT2D eigenvalue weighted by Crippen LogP contribution is -2.19. The molecule has 2 heterocycles. The molecule has 152 valence electrons. The van der Waals surface area contributed by atoms with Crippen LogP contribution in [0.4, 0.5) is 15.9 Å². The van der Waals surface area contributed by atoms with Crippen LogP contribution in [0.3, 0.4) is 0 Å². The van der Waals surface area contributed by atoms with Crippen molar-refractivity contribution in [2.75, 3.05) is 17.3 Å². The number of carbonyl (C=O) groups excluding carboxylic acids is 1. The van der Waals surface area contributed by atoms with Crippen LogP contribution in [0.25, 0.3) is 5.52 Å².